The van der Waals surface area contributed by atoms with Gasteiger partial charge in [-0.3, -0.25) is 0 Å². The third-order valence-corrected chi connectivity index (χ3v) is 3.63. The topological polar surface area (TPSA) is 23.5 Å². The first-order valence-electron chi connectivity index (χ1n) is 7.26. The van der Waals surface area contributed by atoms with Crippen molar-refractivity contribution in [3.8, 4) is 0 Å². The van der Waals surface area contributed by atoms with Gasteiger partial charge < -0.3 is 10.0 Å². The minimum absolute atomic E-state index is 0.322. The molecule has 1 rings (SSSR count). The molecule has 0 radical (unpaired) electrons. The summed E-state index contributed by atoms with van der Waals surface area (Å²) < 4.78 is 14.0. The summed E-state index contributed by atoms with van der Waals surface area (Å²) in [7, 11) is 0. The summed E-state index contributed by atoms with van der Waals surface area (Å²) in [6.45, 7) is 8.94. The lowest BCUT2D eigenvalue weighted by molar-refractivity contribution is 0.194. The van der Waals surface area contributed by atoms with Crippen LogP contribution in [0.25, 0.3) is 0 Å². The van der Waals surface area contributed by atoms with Crippen molar-refractivity contribution in [3.63, 3.8) is 0 Å². The van der Waals surface area contributed by atoms with Gasteiger partial charge >= 0.3 is 0 Å². The molecule has 0 aromatic heterocycles. The van der Waals surface area contributed by atoms with Gasteiger partial charge in [0.1, 0.15) is 5.82 Å². The maximum absolute atomic E-state index is 14.0. The second kappa shape index (κ2) is 7.49. The molecule has 2 atom stereocenters. The SMILES string of the molecule is CCCCN(c1cccc(F)c1[C@@H](C)O)C(C)CC. The van der Waals surface area contributed by atoms with Gasteiger partial charge in [0.25, 0.3) is 0 Å². The zero-order chi connectivity index (χ0) is 14.4. The summed E-state index contributed by atoms with van der Waals surface area (Å²) >= 11 is 0. The number of hydrogen-bond acceptors (Lipinski definition) is 2. The molecule has 1 unspecified atom stereocenters. The molecule has 0 amide bonds. The Morgan fingerprint density at radius 1 is 1.26 bits per heavy atom. The maximum atomic E-state index is 14.0. The molecule has 0 fully saturated rings. The van der Waals surface area contributed by atoms with E-state index >= 15 is 0 Å². The van der Waals surface area contributed by atoms with Crippen molar-refractivity contribution in [3.05, 3.63) is 29.6 Å². The van der Waals surface area contributed by atoms with E-state index in [1.165, 1.54) is 6.07 Å². The summed E-state index contributed by atoms with van der Waals surface area (Å²) in [5, 5.41) is 9.85. The molecule has 0 spiro atoms. The van der Waals surface area contributed by atoms with Crippen LogP contribution in [-0.2, 0) is 0 Å². The first-order valence-corrected chi connectivity index (χ1v) is 7.26. The third-order valence-electron chi connectivity index (χ3n) is 3.63. The molecule has 19 heavy (non-hydrogen) atoms. The molecule has 0 aliphatic heterocycles. The largest absolute Gasteiger partial charge is 0.389 e. The van der Waals surface area contributed by atoms with Crippen molar-refractivity contribution in [2.75, 3.05) is 11.4 Å². The highest BCUT2D eigenvalue weighted by Gasteiger charge is 2.20. The molecule has 0 heterocycles. The number of rotatable bonds is 7. The highest BCUT2D eigenvalue weighted by atomic mass is 19.1. The number of benzene rings is 1. The first-order chi connectivity index (χ1) is 9.02. The minimum atomic E-state index is -0.788. The van der Waals surface area contributed by atoms with Gasteiger partial charge in [0.2, 0.25) is 0 Å². The van der Waals surface area contributed by atoms with E-state index in [9.17, 15) is 9.50 Å². The highest BCUT2D eigenvalue weighted by molar-refractivity contribution is 5.55. The Balaban J connectivity index is 3.17. The average Bonchev–Trinajstić information content (AvgIpc) is 2.38. The Morgan fingerprint density at radius 2 is 1.95 bits per heavy atom. The zero-order valence-corrected chi connectivity index (χ0v) is 12.5. The molecule has 0 aliphatic carbocycles. The summed E-state index contributed by atoms with van der Waals surface area (Å²) in [4.78, 5) is 2.22. The Kier molecular flexibility index (Phi) is 6.29. The lowest BCUT2D eigenvalue weighted by Gasteiger charge is -2.33. The molecule has 2 nitrogen and oxygen atoms in total. The quantitative estimate of drug-likeness (QED) is 0.797. The van der Waals surface area contributed by atoms with Gasteiger partial charge in [-0.15, -0.1) is 0 Å². The van der Waals surface area contributed by atoms with Crippen LogP contribution in [0, 0.1) is 5.82 Å². The smallest absolute Gasteiger partial charge is 0.131 e. The van der Waals surface area contributed by atoms with Crippen molar-refractivity contribution >= 4 is 5.69 Å². The summed E-state index contributed by atoms with van der Waals surface area (Å²) in [5.74, 6) is -0.322. The minimum Gasteiger partial charge on any atom is -0.389 e. The normalized spacial score (nSPS) is 14.2. The number of aliphatic hydroxyl groups is 1. The Hall–Kier alpha value is -1.09. The van der Waals surface area contributed by atoms with Gasteiger partial charge in [-0.25, -0.2) is 4.39 Å². The molecule has 0 aliphatic rings. The summed E-state index contributed by atoms with van der Waals surface area (Å²) in [6, 6.07) is 5.39. The van der Waals surface area contributed by atoms with Crippen molar-refractivity contribution in [2.24, 2.45) is 0 Å². The van der Waals surface area contributed by atoms with Crippen molar-refractivity contribution < 1.29 is 9.50 Å². The van der Waals surface area contributed by atoms with E-state index in [2.05, 4.69) is 25.7 Å². The van der Waals surface area contributed by atoms with E-state index in [0.717, 1.165) is 31.5 Å². The van der Waals surface area contributed by atoms with Gasteiger partial charge in [-0.2, -0.15) is 0 Å². The predicted octanol–water partition coefficient (Wildman–Crippen LogP) is 4.28. The van der Waals surface area contributed by atoms with Crippen LogP contribution in [0.15, 0.2) is 18.2 Å². The predicted molar refractivity (Wildman–Crippen MR) is 79.0 cm³/mol. The van der Waals surface area contributed by atoms with E-state index in [4.69, 9.17) is 0 Å². The van der Waals surface area contributed by atoms with Crippen molar-refractivity contribution in [2.45, 2.75) is 59.1 Å². The molecule has 1 aromatic rings. The fraction of sp³-hybridized carbons (Fsp3) is 0.625. The van der Waals surface area contributed by atoms with Crippen LogP contribution in [0.5, 0.6) is 0 Å². The Morgan fingerprint density at radius 3 is 2.47 bits per heavy atom. The number of aliphatic hydroxyl groups excluding tert-OH is 1. The van der Waals surface area contributed by atoms with Crippen LogP contribution in [0.2, 0.25) is 0 Å². The maximum Gasteiger partial charge on any atom is 0.131 e. The van der Waals surface area contributed by atoms with Crippen molar-refractivity contribution in [1.29, 1.82) is 0 Å². The van der Waals surface area contributed by atoms with Crippen LogP contribution in [-0.4, -0.2) is 17.7 Å². The lowest BCUT2D eigenvalue weighted by atomic mass is 10.0. The number of anilines is 1. The van der Waals surface area contributed by atoms with Gasteiger partial charge in [0.15, 0.2) is 0 Å². The molecule has 1 N–H and O–H groups in total. The molecular formula is C16H26FNO. The molecule has 1 aromatic carbocycles. The van der Waals surface area contributed by atoms with Gasteiger partial charge in [0, 0.05) is 23.8 Å². The number of unbranched alkanes of at least 4 members (excludes halogenated alkanes) is 1. The Labute approximate surface area is 116 Å². The molecule has 0 saturated heterocycles. The summed E-state index contributed by atoms with van der Waals surface area (Å²) in [6.07, 6.45) is 2.38. The molecular weight excluding hydrogens is 241 g/mol. The van der Waals surface area contributed by atoms with E-state index in [1.807, 2.05) is 6.07 Å². The van der Waals surface area contributed by atoms with Crippen LogP contribution < -0.4 is 4.90 Å². The van der Waals surface area contributed by atoms with Crippen molar-refractivity contribution in [1.82, 2.24) is 0 Å². The molecule has 0 bridgehead atoms. The number of halogens is 1. The lowest BCUT2D eigenvalue weighted by Crippen LogP contribution is -2.34. The fourth-order valence-electron chi connectivity index (χ4n) is 2.32. The first kappa shape index (κ1) is 16.0. The van der Waals surface area contributed by atoms with Crippen LogP contribution >= 0.6 is 0 Å². The van der Waals surface area contributed by atoms with Crippen LogP contribution in [0.3, 0.4) is 0 Å². The second-order valence-corrected chi connectivity index (χ2v) is 5.15. The third kappa shape index (κ3) is 3.93. The highest BCUT2D eigenvalue weighted by Crippen LogP contribution is 2.31. The molecule has 108 valence electrons. The van der Waals surface area contributed by atoms with Gasteiger partial charge in [-0.1, -0.05) is 26.3 Å². The average molecular weight is 267 g/mol. The molecule has 3 heteroatoms. The Bertz CT molecular complexity index is 392. The van der Waals surface area contributed by atoms with E-state index in [-0.39, 0.29) is 5.82 Å². The van der Waals surface area contributed by atoms with Crippen LogP contribution in [0.1, 0.15) is 58.6 Å². The standard InChI is InChI=1S/C16H26FNO/c1-5-7-11-18(12(3)6-2)15-10-8-9-14(17)16(15)13(4)19/h8-10,12-13,19H,5-7,11H2,1-4H3/t12?,13-/m1/s1. The number of nitrogens with zero attached hydrogens (tertiary/aromatic N) is 1. The van der Waals surface area contributed by atoms with E-state index in [0.29, 0.717) is 11.6 Å². The molecule has 0 saturated carbocycles. The van der Waals surface area contributed by atoms with Gasteiger partial charge in [0.05, 0.1) is 6.10 Å². The monoisotopic (exact) mass is 267 g/mol. The zero-order valence-electron chi connectivity index (χ0n) is 12.5. The van der Waals surface area contributed by atoms with E-state index in [1.54, 1.807) is 13.0 Å². The fourth-order valence-corrected chi connectivity index (χ4v) is 2.32. The number of hydrogen-bond donors (Lipinski definition) is 1. The summed E-state index contributed by atoms with van der Waals surface area (Å²) in [5.41, 5.74) is 1.25. The van der Waals surface area contributed by atoms with Gasteiger partial charge in [-0.05, 0) is 38.8 Å². The van der Waals surface area contributed by atoms with Crippen LogP contribution in [0.4, 0.5) is 10.1 Å². The second-order valence-electron chi connectivity index (χ2n) is 5.15. The van der Waals surface area contributed by atoms with E-state index < -0.39 is 6.10 Å².